The van der Waals surface area contributed by atoms with Crippen molar-refractivity contribution in [3.63, 3.8) is 0 Å². The van der Waals surface area contributed by atoms with Gasteiger partial charge in [0.1, 0.15) is 0 Å². The minimum absolute atomic E-state index is 0.134. The highest BCUT2D eigenvalue weighted by Gasteiger charge is 2.20. The number of nitrogens with one attached hydrogen (secondary N) is 1. The van der Waals surface area contributed by atoms with E-state index in [1.54, 1.807) is 0 Å². The molecule has 1 aromatic rings. The molecule has 0 bridgehead atoms. The van der Waals surface area contributed by atoms with Crippen LogP contribution in [0, 0.1) is 17.5 Å². The van der Waals surface area contributed by atoms with Gasteiger partial charge in [0.2, 0.25) is 5.91 Å². The Hall–Kier alpha value is -1.52. The van der Waals surface area contributed by atoms with Gasteiger partial charge in [0.15, 0.2) is 17.5 Å². The second-order valence-electron chi connectivity index (χ2n) is 4.52. The minimum Gasteiger partial charge on any atom is -0.349 e. The van der Waals surface area contributed by atoms with Crippen LogP contribution in [-0.4, -0.2) is 5.91 Å². The Morgan fingerprint density at radius 2 is 1.72 bits per heavy atom. The maximum atomic E-state index is 13.1. The van der Waals surface area contributed by atoms with Crippen LogP contribution in [0.2, 0.25) is 0 Å². The fourth-order valence-electron chi connectivity index (χ4n) is 2.18. The van der Waals surface area contributed by atoms with E-state index in [0.29, 0.717) is 12.8 Å². The maximum absolute atomic E-state index is 13.1. The second-order valence-corrected chi connectivity index (χ2v) is 4.52. The van der Waals surface area contributed by atoms with Gasteiger partial charge in [-0.05, 0) is 30.5 Å². The van der Waals surface area contributed by atoms with E-state index in [4.69, 9.17) is 0 Å². The van der Waals surface area contributed by atoms with Crippen molar-refractivity contribution in [2.24, 2.45) is 0 Å². The highest BCUT2D eigenvalue weighted by atomic mass is 19.2. The molecular weight excluding hydrogens is 243 g/mol. The van der Waals surface area contributed by atoms with Crippen molar-refractivity contribution >= 4 is 5.91 Å². The van der Waals surface area contributed by atoms with Crippen LogP contribution in [0.5, 0.6) is 0 Å². The monoisotopic (exact) mass is 257 g/mol. The van der Waals surface area contributed by atoms with Crippen LogP contribution in [0.4, 0.5) is 13.2 Å². The van der Waals surface area contributed by atoms with Gasteiger partial charge in [-0.25, -0.2) is 13.2 Å². The molecule has 1 aliphatic rings. The van der Waals surface area contributed by atoms with Crippen molar-refractivity contribution in [2.75, 3.05) is 0 Å². The summed E-state index contributed by atoms with van der Waals surface area (Å²) in [6.45, 7) is 0. The molecule has 1 N–H and O–H groups in total. The Morgan fingerprint density at radius 1 is 1.06 bits per heavy atom. The van der Waals surface area contributed by atoms with E-state index in [-0.39, 0.29) is 11.5 Å². The van der Waals surface area contributed by atoms with Crippen molar-refractivity contribution in [3.05, 3.63) is 35.1 Å². The van der Waals surface area contributed by atoms with Gasteiger partial charge in [0.25, 0.3) is 0 Å². The molecule has 1 atom stereocenters. The Kier molecular flexibility index (Phi) is 3.89. The zero-order valence-electron chi connectivity index (χ0n) is 9.81. The molecule has 0 aliphatic carbocycles. The number of rotatable bonds is 1. The first-order valence-corrected chi connectivity index (χ1v) is 6.01. The van der Waals surface area contributed by atoms with Crippen molar-refractivity contribution in [1.29, 1.82) is 0 Å². The van der Waals surface area contributed by atoms with Gasteiger partial charge in [0.05, 0.1) is 6.04 Å². The van der Waals surface area contributed by atoms with E-state index in [1.807, 2.05) is 0 Å². The quantitative estimate of drug-likeness (QED) is 0.769. The lowest BCUT2D eigenvalue weighted by atomic mass is 9.97. The zero-order valence-corrected chi connectivity index (χ0v) is 9.81. The SMILES string of the molecule is O=C1CCCCCC(c2cc(F)c(F)c(F)c2)N1. The van der Waals surface area contributed by atoms with E-state index >= 15 is 0 Å². The molecule has 0 aromatic heterocycles. The van der Waals surface area contributed by atoms with E-state index < -0.39 is 23.5 Å². The number of hydrogen-bond donors (Lipinski definition) is 1. The van der Waals surface area contributed by atoms with Crippen LogP contribution >= 0.6 is 0 Å². The van der Waals surface area contributed by atoms with Gasteiger partial charge in [-0.1, -0.05) is 12.8 Å². The summed E-state index contributed by atoms with van der Waals surface area (Å²) in [5.41, 5.74) is 0.279. The summed E-state index contributed by atoms with van der Waals surface area (Å²) in [7, 11) is 0. The summed E-state index contributed by atoms with van der Waals surface area (Å²) in [5.74, 6) is -4.05. The first kappa shape index (κ1) is 12.9. The first-order chi connectivity index (χ1) is 8.58. The molecule has 0 radical (unpaired) electrons. The molecule has 1 saturated heterocycles. The van der Waals surface area contributed by atoms with Crippen molar-refractivity contribution in [3.8, 4) is 0 Å². The van der Waals surface area contributed by atoms with E-state index in [1.165, 1.54) is 0 Å². The fraction of sp³-hybridized carbons (Fsp3) is 0.462. The number of carbonyl (C=O) groups is 1. The number of halogens is 3. The summed E-state index contributed by atoms with van der Waals surface area (Å²) in [6.07, 6.45) is 3.63. The fourth-order valence-corrected chi connectivity index (χ4v) is 2.18. The Bertz CT molecular complexity index is 439. The summed E-state index contributed by atoms with van der Waals surface area (Å²) in [5, 5.41) is 2.71. The van der Waals surface area contributed by atoms with E-state index in [0.717, 1.165) is 31.4 Å². The molecule has 5 heteroatoms. The number of benzene rings is 1. The topological polar surface area (TPSA) is 29.1 Å². The summed E-state index contributed by atoms with van der Waals surface area (Å²) in [6, 6.07) is 1.46. The Balaban J connectivity index is 2.25. The Morgan fingerprint density at radius 3 is 2.39 bits per heavy atom. The normalized spacial score (nSPS) is 21.1. The third-order valence-corrected chi connectivity index (χ3v) is 3.14. The van der Waals surface area contributed by atoms with Crippen molar-refractivity contribution < 1.29 is 18.0 Å². The van der Waals surface area contributed by atoms with Crippen LogP contribution in [0.1, 0.15) is 43.7 Å². The molecule has 0 saturated carbocycles. The number of carbonyl (C=O) groups excluding carboxylic acids is 1. The highest BCUT2D eigenvalue weighted by Crippen LogP contribution is 2.25. The Labute approximate surface area is 103 Å². The lowest BCUT2D eigenvalue weighted by molar-refractivity contribution is -0.122. The second kappa shape index (κ2) is 5.42. The summed E-state index contributed by atoms with van der Waals surface area (Å²) in [4.78, 5) is 11.5. The molecular formula is C13H14F3NO. The third kappa shape index (κ3) is 2.83. The van der Waals surface area contributed by atoms with E-state index in [2.05, 4.69) is 5.32 Å². The van der Waals surface area contributed by atoms with E-state index in [9.17, 15) is 18.0 Å². The van der Waals surface area contributed by atoms with Crippen molar-refractivity contribution in [2.45, 2.75) is 38.1 Å². The van der Waals surface area contributed by atoms with Gasteiger partial charge in [-0.15, -0.1) is 0 Å². The predicted molar refractivity (Wildman–Crippen MR) is 60.3 cm³/mol. The predicted octanol–water partition coefficient (Wildman–Crippen LogP) is 3.23. The van der Waals surface area contributed by atoms with Gasteiger partial charge in [-0.3, -0.25) is 4.79 Å². The van der Waals surface area contributed by atoms with Gasteiger partial charge >= 0.3 is 0 Å². The molecule has 18 heavy (non-hydrogen) atoms. The van der Waals surface area contributed by atoms with Gasteiger partial charge in [-0.2, -0.15) is 0 Å². The highest BCUT2D eigenvalue weighted by molar-refractivity contribution is 5.76. The average Bonchev–Trinajstić information content (AvgIpc) is 2.30. The molecule has 2 nitrogen and oxygen atoms in total. The zero-order chi connectivity index (χ0) is 13.1. The lowest BCUT2D eigenvalue weighted by Gasteiger charge is -2.22. The maximum Gasteiger partial charge on any atom is 0.220 e. The summed E-state index contributed by atoms with van der Waals surface area (Å²) >= 11 is 0. The smallest absolute Gasteiger partial charge is 0.220 e. The van der Waals surface area contributed by atoms with Crippen LogP contribution in [0.25, 0.3) is 0 Å². The molecule has 98 valence electrons. The molecule has 1 fully saturated rings. The third-order valence-electron chi connectivity index (χ3n) is 3.14. The average molecular weight is 257 g/mol. The van der Waals surface area contributed by atoms with Crippen LogP contribution < -0.4 is 5.32 Å². The molecule has 1 aromatic carbocycles. The van der Waals surface area contributed by atoms with Crippen LogP contribution in [0.3, 0.4) is 0 Å². The molecule has 1 unspecified atom stereocenters. The van der Waals surface area contributed by atoms with Gasteiger partial charge in [0, 0.05) is 6.42 Å². The lowest BCUT2D eigenvalue weighted by Crippen LogP contribution is -2.29. The largest absolute Gasteiger partial charge is 0.349 e. The minimum atomic E-state index is -1.48. The first-order valence-electron chi connectivity index (χ1n) is 6.01. The van der Waals surface area contributed by atoms with Gasteiger partial charge < -0.3 is 5.32 Å². The molecule has 2 rings (SSSR count). The molecule has 1 aliphatic heterocycles. The number of amides is 1. The van der Waals surface area contributed by atoms with Crippen LogP contribution in [-0.2, 0) is 4.79 Å². The summed E-state index contributed by atoms with van der Waals surface area (Å²) < 4.78 is 39.2. The standard InChI is InChI=1S/C13H14F3NO/c14-9-6-8(7-10(15)13(9)16)11-4-2-1-3-5-12(18)17-11/h6-7,11H,1-5H2,(H,17,18). The van der Waals surface area contributed by atoms with Crippen molar-refractivity contribution in [1.82, 2.24) is 5.32 Å². The number of hydrogen-bond acceptors (Lipinski definition) is 1. The van der Waals surface area contributed by atoms with Crippen LogP contribution in [0.15, 0.2) is 12.1 Å². The molecule has 1 heterocycles. The molecule has 1 amide bonds. The molecule has 0 spiro atoms.